The summed E-state index contributed by atoms with van der Waals surface area (Å²) in [6.45, 7) is 1.79. The van der Waals surface area contributed by atoms with Gasteiger partial charge in [0.2, 0.25) is 0 Å². The Hall–Kier alpha value is -0.880. The fourth-order valence-electron chi connectivity index (χ4n) is 2.99. The molecule has 0 amide bonds. The van der Waals surface area contributed by atoms with E-state index in [-0.39, 0.29) is 6.04 Å². The van der Waals surface area contributed by atoms with E-state index < -0.39 is 10.0 Å². The molecule has 0 unspecified atom stereocenters. The van der Waals surface area contributed by atoms with Crippen molar-refractivity contribution in [3.05, 3.63) is 11.8 Å². The van der Waals surface area contributed by atoms with Crippen LogP contribution in [0.2, 0.25) is 0 Å². The zero-order valence-electron chi connectivity index (χ0n) is 11.5. The molecule has 2 aliphatic carbocycles. The van der Waals surface area contributed by atoms with Crippen LogP contribution >= 0.6 is 0 Å². The molecule has 1 N–H and O–H groups in total. The first kappa shape index (κ1) is 13.1. The van der Waals surface area contributed by atoms with Crippen molar-refractivity contribution >= 4 is 10.0 Å². The summed E-state index contributed by atoms with van der Waals surface area (Å²) in [6, 6.07) is 0.132. The SMILES string of the molecule is Cc1cnn(C)c1S(=O)(=O)N[C@H](C1CCC1)C1CC1. The minimum atomic E-state index is -3.45. The molecule has 1 aromatic rings. The fraction of sp³-hybridized carbons (Fsp3) is 0.769. The summed E-state index contributed by atoms with van der Waals surface area (Å²) in [5.41, 5.74) is 0.707. The molecular formula is C13H21N3O2S. The van der Waals surface area contributed by atoms with Crippen molar-refractivity contribution in [3.63, 3.8) is 0 Å². The molecule has 0 aromatic carbocycles. The monoisotopic (exact) mass is 283 g/mol. The Morgan fingerprint density at radius 3 is 2.37 bits per heavy atom. The van der Waals surface area contributed by atoms with Gasteiger partial charge in [-0.2, -0.15) is 5.10 Å². The Kier molecular flexibility index (Phi) is 3.17. The highest BCUT2D eigenvalue weighted by Crippen LogP contribution is 2.42. The second-order valence-corrected chi connectivity index (χ2v) is 7.56. The maximum absolute atomic E-state index is 12.6. The van der Waals surface area contributed by atoms with Gasteiger partial charge in [-0.05, 0) is 44.4 Å². The average molecular weight is 283 g/mol. The van der Waals surface area contributed by atoms with Gasteiger partial charge >= 0.3 is 0 Å². The minimum absolute atomic E-state index is 0.132. The molecule has 106 valence electrons. The summed E-state index contributed by atoms with van der Waals surface area (Å²) in [7, 11) is -1.78. The van der Waals surface area contributed by atoms with Crippen LogP contribution in [0, 0.1) is 18.8 Å². The summed E-state index contributed by atoms with van der Waals surface area (Å²) < 4.78 is 29.5. The molecule has 19 heavy (non-hydrogen) atoms. The summed E-state index contributed by atoms with van der Waals surface area (Å²) in [5.74, 6) is 1.09. The summed E-state index contributed by atoms with van der Waals surface area (Å²) in [4.78, 5) is 0. The number of hydrogen-bond donors (Lipinski definition) is 1. The molecule has 1 heterocycles. The van der Waals surface area contributed by atoms with Crippen LogP contribution < -0.4 is 4.72 Å². The molecule has 2 saturated carbocycles. The van der Waals surface area contributed by atoms with Gasteiger partial charge in [-0.1, -0.05) is 6.42 Å². The van der Waals surface area contributed by atoms with E-state index in [2.05, 4.69) is 9.82 Å². The van der Waals surface area contributed by atoms with Gasteiger partial charge in [-0.15, -0.1) is 0 Å². The highest BCUT2D eigenvalue weighted by molar-refractivity contribution is 7.89. The largest absolute Gasteiger partial charge is 0.258 e. The van der Waals surface area contributed by atoms with Crippen LogP contribution in [0.3, 0.4) is 0 Å². The minimum Gasteiger partial charge on any atom is -0.256 e. The van der Waals surface area contributed by atoms with Crippen LogP contribution in [-0.4, -0.2) is 24.2 Å². The van der Waals surface area contributed by atoms with E-state index >= 15 is 0 Å². The third-order valence-electron chi connectivity index (χ3n) is 4.39. The Bertz CT molecular complexity index is 551. The number of rotatable bonds is 5. The van der Waals surface area contributed by atoms with E-state index in [4.69, 9.17) is 0 Å². The number of hydrogen-bond acceptors (Lipinski definition) is 3. The van der Waals surface area contributed by atoms with E-state index in [1.165, 1.54) is 11.1 Å². The zero-order valence-corrected chi connectivity index (χ0v) is 12.3. The van der Waals surface area contributed by atoms with E-state index in [1.54, 1.807) is 20.2 Å². The lowest BCUT2D eigenvalue weighted by atomic mass is 9.78. The molecule has 3 rings (SSSR count). The van der Waals surface area contributed by atoms with Gasteiger partial charge in [0.25, 0.3) is 10.0 Å². The number of aromatic nitrogens is 2. The maximum atomic E-state index is 12.6. The van der Waals surface area contributed by atoms with E-state index in [0.717, 1.165) is 25.7 Å². The third kappa shape index (κ3) is 2.43. The molecule has 0 aliphatic heterocycles. The van der Waals surface area contributed by atoms with E-state index in [9.17, 15) is 8.42 Å². The Labute approximate surface area is 114 Å². The van der Waals surface area contributed by atoms with Crippen LogP contribution in [0.15, 0.2) is 11.2 Å². The molecule has 6 heteroatoms. The van der Waals surface area contributed by atoms with Crippen LogP contribution in [0.4, 0.5) is 0 Å². The van der Waals surface area contributed by atoms with E-state index in [1.807, 2.05) is 0 Å². The normalized spacial score (nSPS) is 22.2. The molecule has 1 aromatic heterocycles. The number of nitrogens with zero attached hydrogens (tertiary/aromatic N) is 2. The maximum Gasteiger partial charge on any atom is 0.258 e. The highest BCUT2D eigenvalue weighted by Gasteiger charge is 2.41. The Morgan fingerprint density at radius 2 is 1.95 bits per heavy atom. The van der Waals surface area contributed by atoms with Crippen LogP contribution in [0.5, 0.6) is 0 Å². The molecular weight excluding hydrogens is 262 g/mol. The molecule has 1 atom stereocenters. The van der Waals surface area contributed by atoms with Gasteiger partial charge in [0.1, 0.15) is 0 Å². The van der Waals surface area contributed by atoms with Crippen molar-refractivity contribution < 1.29 is 8.42 Å². The van der Waals surface area contributed by atoms with Crippen molar-refractivity contribution in [3.8, 4) is 0 Å². The van der Waals surface area contributed by atoms with Crippen LogP contribution in [0.25, 0.3) is 0 Å². The first-order chi connectivity index (χ1) is 8.99. The fourth-order valence-corrected chi connectivity index (χ4v) is 4.71. The molecule has 2 fully saturated rings. The van der Waals surface area contributed by atoms with Crippen LogP contribution in [0.1, 0.15) is 37.7 Å². The lowest BCUT2D eigenvalue weighted by Crippen LogP contribution is -2.44. The van der Waals surface area contributed by atoms with Gasteiger partial charge in [0.05, 0.1) is 6.20 Å². The van der Waals surface area contributed by atoms with Gasteiger partial charge in [0, 0.05) is 18.7 Å². The predicted octanol–water partition coefficient (Wildman–Crippen LogP) is 1.59. The summed E-state index contributed by atoms with van der Waals surface area (Å²) in [5, 5.41) is 4.33. The van der Waals surface area contributed by atoms with Gasteiger partial charge < -0.3 is 0 Å². The first-order valence-electron chi connectivity index (χ1n) is 7.00. The number of aryl methyl sites for hydroxylation is 2. The molecule has 0 saturated heterocycles. The summed E-state index contributed by atoms with van der Waals surface area (Å²) >= 11 is 0. The lowest BCUT2D eigenvalue weighted by molar-refractivity contribution is 0.230. The van der Waals surface area contributed by atoms with Crippen molar-refractivity contribution in [1.29, 1.82) is 0 Å². The Balaban J connectivity index is 1.84. The number of sulfonamides is 1. The molecule has 0 bridgehead atoms. The molecule has 0 radical (unpaired) electrons. The smallest absolute Gasteiger partial charge is 0.256 e. The van der Waals surface area contributed by atoms with Crippen molar-refractivity contribution in [2.75, 3.05) is 0 Å². The third-order valence-corrected chi connectivity index (χ3v) is 6.07. The molecule has 0 spiro atoms. The van der Waals surface area contributed by atoms with Crippen molar-refractivity contribution in [1.82, 2.24) is 14.5 Å². The molecule has 5 nitrogen and oxygen atoms in total. The quantitative estimate of drug-likeness (QED) is 0.892. The highest BCUT2D eigenvalue weighted by atomic mass is 32.2. The van der Waals surface area contributed by atoms with Crippen molar-refractivity contribution in [2.24, 2.45) is 18.9 Å². The standard InChI is InChI=1S/C13H21N3O2S/c1-9-8-14-16(2)13(9)19(17,18)15-12(11-6-7-11)10-4-3-5-10/h8,10-12,15H,3-7H2,1-2H3/t12-/m1/s1. The predicted molar refractivity (Wildman–Crippen MR) is 72.1 cm³/mol. The van der Waals surface area contributed by atoms with E-state index in [0.29, 0.717) is 22.4 Å². The van der Waals surface area contributed by atoms with Gasteiger partial charge in [-0.25, -0.2) is 13.1 Å². The summed E-state index contributed by atoms with van der Waals surface area (Å²) in [6.07, 6.45) is 7.48. The topological polar surface area (TPSA) is 64.0 Å². The number of nitrogens with one attached hydrogen (secondary N) is 1. The molecule has 2 aliphatic rings. The lowest BCUT2D eigenvalue weighted by Gasteiger charge is -2.34. The zero-order chi connectivity index (χ0) is 13.6. The average Bonchev–Trinajstić information content (AvgIpc) is 3.01. The van der Waals surface area contributed by atoms with Gasteiger partial charge in [-0.3, -0.25) is 4.68 Å². The van der Waals surface area contributed by atoms with Crippen molar-refractivity contribution in [2.45, 2.75) is 50.1 Å². The second-order valence-electron chi connectivity index (χ2n) is 5.93. The Morgan fingerprint density at radius 1 is 1.32 bits per heavy atom. The van der Waals surface area contributed by atoms with Crippen LogP contribution in [-0.2, 0) is 17.1 Å². The second kappa shape index (κ2) is 4.59. The first-order valence-corrected chi connectivity index (χ1v) is 8.48. The van der Waals surface area contributed by atoms with Gasteiger partial charge in [0.15, 0.2) is 5.03 Å².